The van der Waals surface area contributed by atoms with Gasteiger partial charge in [-0.25, -0.2) is 4.98 Å². The molecule has 1 unspecified atom stereocenters. The Bertz CT molecular complexity index is 558. The molecule has 0 aliphatic rings. The third-order valence-electron chi connectivity index (χ3n) is 3.13. The van der Waals surface area contributed by atoms with Gasteiger partial charge in [0.25, 0.3) is 0 Å². The first-order chi connectivity index (χ1) is 9.31. The van der Waals surface area contributed by atoms with Gasteiger partial charge in [-0.2, -0.15) is 5.26 Å². The number of nitriles is 1. The Morgan fingerprint density at radius 2 is 2.00 bits per heavy atom. The topological polar surface area (TPSA) is 48.7 Å². The minimum Gasteiger partial charge on any atom is -0.312 e. The zero-order valence-corrected chi connectivity index (χ0v) is 11.0. The van der Waals surface area contributed by atoms with E-state index in [1.807, 2.05) is 18.2 Å². The van der Waals surface area contributed by atoms with E-state index in [2.05, 4.69) is 47.6 Å². The van der Waals surface area contributed by atoms with Crippen molar-refractivity contribution in [3.8, 4) is 6.07 Å². The average Bonchev–Trinajstić information content (AvgIpc) is 2.48. The predicted octanol–water partition coefficient (Wildman–Crippen LogP) is 2.85. The molecule has 0 spiro atoms. The van der Waals surface area contributed by atoms with E-state index in [0.717, 1.165) is 12.1 Å². The van der Waals surface area contributed by atoms with Gasteiger partial charge in [-0.05, 0) is 17.5 Å². The molecule has 2 rings (SSSR count). The normalized spacial score (nSPS) is 11.8. The van der Waals surface area contributed by atoms with E-state index in [0.29, 0.717) is 18.2 Å². The zero-order chi connectivity index (χ0) is 13.5. The van der Waals surface area contributed by atoms with Gasteiger partial charge in [-0.1, -0.05) is 43.3 Å². The van der Waals surface area contributed by atoms with Crippen LogP contribution in [0.5, 0.6) is 0 Å². The number of aromatic nitrogens is 1. The van der Waals surface area contributed by atoms with Crippen LogP contribution in [0.1, 0.15) is 29.7 Å². The van der Waals surface area contributed by atoms with Crippen LogP contribution in [0, 0.1) is 11.3 Å². The first-order valence-corrected chi connectivity index (χ1v) is 6.41. The second-order valence-electron chi connectivity index (χ2n) is 4.57. The Morgan fingerprint density at radius 3 is 2.74 bits per heavy atom. The van der Waals surface area contributed by atoms with Crippen LogP contribution in [0.4, 0.5) is 0 Å². The van der Waals surface area contributed by atoms with E-state index in [-0.39, 0.29) is 0 Å². The number of hydrogen-bond acceptors (Lipinski definition) is 3. The lowest BCUT2D eigenvalue weighted by molar-refractivity contribution is 0.613. The van der Waals surface area contributed by atoms with Crippen LogP contribution in [-0.4, -0.2) is 11.5 Å². The number of nitrogens with one attached hydrogen (secondary N) is 1. The molecule has 0 radical (unpaired) electrons. The van der Waals surface area contributed by atoms with Gasteiger partial charge in [0.05, 0.1) is 0 Å². The van der Waals surface area contributed by atoms with Crippen molar-refractivity contribution < 1.29 is 0 Å². The number of rotatable bonds is 5. The maximum atomic E-state index is 8.96. The summed E-state index contributed by atoms with van der Waals surface area (Å²) < 4.78 is 0. The van der Waals surface area contributed by atoms with Crippen molar-refractivity contribution in [1.82, 2.24) is 10.3 Å². The van der Waals surface area contributed by atoms with Gasteiger partial charge in [-0.15, -0.1) is 0 Å². The fourth-order valence-electron chi connectivity index (χ4n) is 2.00. The molecule has 2 aromatic rings. The van der Waals surface area contributed by atoms with Gasteiger partial charge in [0, 0.05) is 24.8 Å². The molecular formula is C16H17N3. The highest BCUT2D eigenvalue weighted by Gasteiger charge is 2.06. The van der Waals surface area contributed by atoms with Gasteiger partial charge in [0.15, 0.2) is 0 Å². The van der Waals surface area contributed by atoms with Crippen LogP contribution in [-0.2, 0) is 6.54 Å². The van der Waals surface area contributed by atoms with Crippen molar-refractivity contribution in [3.05, 3.63) is 65.5 Å². The minimum atomic E-state index is 0.448. The molecule has 3 heteroatoms. The largest absolute Gasteiger partial charge is 0.312 e. The first-order valence-electron chi connectivity index (χ1n) is 6.41. The third kappa shape index (κ3) is 3.64. The summed E-state index contributed by atoms with van der Waals surface area (Å²) in [5.41, 5.74) is 2.77. The fourth-order valence-corrected chi connectivity index (χ4v) is 2.00. The van der Waals surface area contributed by atoms with Gasteiger partial charge in [0.1, 0.15) is 11.8 Å². The average molecular weight is 251 g/mol. The van der Waals surface area contributed by atoms with E-state index >= 15 is 0 Å². The monoisotopic (exact) mass is 251 g/mol. The SMILES string of the molecule is CC(CNCc1cccnc1C#N)c1ccccc1. The van der Waals surface area contributed by atoms with Crippen LogP contribution >= 0.6 is 0 Å². The van der Waals surface area contributed by atoms with Crippen molar-refractivity contribution in [3.63, 3.8) is 0 Å². The second-order valence-corrected chi connectivity index (χ2v) is 4.57. The summed E-state index contributed by atoms with van der Waals surface area (Å²) in [5, 5.41) is 12.3. The molecule has 1 N–H and O–H groups in total. The molecule has 1 aromatic heterocycles. The maximum absolute atomic E-state index is 8.96. The first kappa shape index (κ1) is 13.3. The maximum Gasteiger partial charge on any atom is 0.144 e. The van der Waals surface area contributed by atoms with E-state index in [1.54, 1.807) is 6.20 Å². The molecule has 0 amide bonds. The van der Waals surface area contributed by atoms with Crippen molar-refractivity contribution >= 4 is 0 Å². The molecule has 0 saturated carbocycles. The highest BCUT2D eigenvalue weighted by Crippen LogP contribution is 2.13. The summed E-state index contributed by atoms with van der Waals surface area (Å²) >= 11 is 0. The number of hydrogen-bond donors (Lipinski definition) is 1. The van der Waals surface area contributed by atoms with Crippen LogP contribution < -0.4 is 5.32 Å². The van der Waals surface area contributed by atoms with Crippen molar-refractivity contribution in [1.29, 1.82) is 5.26 Å². The molecule has 0 saturated heterocycles. The standard InChI is InChI=1S/C16H17N3/c1-13(14-6-3-2-4-7-14)11-18-12-15-8-5-9-19-16(15)10-17/h2-9,13,18H,11-12H2,1H3. The van der Waals surface area contributed by atoms with Gasteiger partial charge < -0.3 is 5.32 Å². The predicted molar refractivity (Wildman–Crippen MR) is 75.5 cm³/mol. The van der Waals surface area contributed by atoms with E-state index < -0.39 is 0 Å². The molecule has 3 nitrogen and oxygen atoms in total. The highest BCUT2D eigenvalue weighted by molar-refractivity contribution is 5.30. The number of pyridine rings is 1. The molecule has 0 bridgehead atoms. The summed E-state index contributed by atoms with van der Waals surface area (Å²) in [6.07, 6.45) is 1.65. The smallest absolute Gasteiger partial charge is 0.144 e. The zero-order valence-electron chi connectivity index (χ0n) is 11.0. The second kappa shape index (κ2) is 6.67. The lowest BCUT2D eigenvalue weighted by atomic mass is 10.0. The van der Waals surface area contributed by atoms with Crippen molar-refractivity contribution in [2.45, 2.75) is 19.4 Å². The Kier molecular flexibility index (Phi) is 4.66. The summed E-state index contributed by atoms with van der Waals surface area (Å²) in [7, 11) is 0. The van der Waals surface area contributed by atoms with Crippen LogP contribution in [0.25, 0.3) is 0 Å². The van der Waals surface area contributed by atoms with Crippen LogP contribution in [0.2, 0.25) is 0 Å². The van der Waals surface area contributed by atoms with E-state index in [1.165, 1.54) is 5.56 Å². The van der Waals surface area contributed by atoms with Crippen molar-refractivity contribution in [2.75, 3.05) is 6.54 Å². The molecule has 1 atom stereocenters. The third-order valence-corrected chi connectivity index (χ3v) is 3.13. The van der Waals surface area contributed by atoms with Gasteiger partial charge in [-0.3, -0.25) is 0 Å². The lowest BCUT2D eigenvalue weighted by Gasteiger charge is -2.13. The van der Waals surface area contributed by atoms with Crippen molar-refractivity contribution in [2.24, 2.45) is 0 Å². The number of benzene rings is 1. The molecular weight excluding hydrogens is 234 g/mol. The lowest BCUT2D eigenvalue weighted by Crippen LogP contribution is -2.20. The molecule has 0 fully saturated rings. The molecule has 0 aliphatic heterocycles. The quantitative estimate of drug-likeness (QED) is 0.889. The van der Waals surface area contributed by atoms with Gasteiger partial charge in [0.2, 0.25) is 0 Å². The fraction of sp³-hybridized carbons (Fsp3) is 0.250. The van der Waals surface area contributed by atoms with Crippen LogP contribution in [0.15, 0.2) is 48.7 Å². The Labute approximate surface area is 113 Å². The van der Waals surface area contributed by atoms with E-state index in [4.69, 9.17) is 5.26 Å². The van der Waals surface area contributed by atoms with Gasteiger partial charge >= 0.3 is 0 Å². The Morgan fingerprint density at radius 1 is 1.21 bits per heavy atom. The summed E-state index contributed by atoms with van der Waals surface area (Å²) in [6, 6.07) is 16.3. The summed E-state index contributed by atoms with van der Waals surface area (Å²) in [6.45, 7) is 3.74. The highest BCUT2D eigenvalue weighted by atomic mass is 14.9. The Balaban J connectivity index is 1.89. The van der Waals surface area contributed by atoms with E-state index in [9.17, 15) is 0 Å². The summed E-state index contributed by atoms with van der Waals surface area (Å²) in [4.78, 5) is 4.05. The molecule has 1 heterocycles. The Hall–Kier alpha value is -2.18. The summed E-state index contributed by atoms with van der Waals surface area (Å²) in [5.74, 6) is 0.448. The minimum absolute atomic E-state index is 0.448. The van der Waals surface area contributed by atoms with Crippen LogP contribution in [0.3, 0.4) is 0 Å². The molecule has 96 valence electrons. The molecule has 19 heavy (non-hydrogen) atoms. The number of nitrogens with zero attached hydrogens (tertiary/aromatic N) is 2. The molecule has 1 aromatic carbocycles. The molecule has 0 aliphatic carbocycles.